The lowest BCUT2D eigenvalue weighted by molar-refractivity contribution is 0.0176. The largest absolute Gasteiger partial charge is 0.388 e. The second-order valence-electron chi connectivity index (χ2n) is 4.06. The molecule has 0 aromatic carbocycles. The van der Waals surface area contributed by atoms with Crippen molar-refractivity contribution in [2.45, 2.75) is 24.9 Å². The number of nitrogens with one attached hydrogen (secondary N) is 1. The highest BCUT2D eigenvalue weighted by atomic mass is 32.1. The van der Waals surface area contributed by atoms with Crippen LogP contribution in [0.3, 0.4) is 0 Å². The summed E-state index contributed by atoms with van der Waals surface area (Å²) >= 11 is 1.48. The summed E-state index contributed by atoms with van der Waals surface area (Å²) in [6.45, 7) is 1.66. The number of rotatable bonds is 2. The van der Waals surface area contributed by atoms with Gasteiger partial charge in [-0.3, -0.25) is 0 Å². The summed E-state index contributed by atoms with van der Waals surface area (Å²) < 4.78 is 0. The van der Waals surface area contributed by atoms with E-state index < -0.39 is 5.60 Å². The van der Waals surface area contributed by atoms with Crippen LogP contribution in [0.4, 0.5) is 0 Å². The van der Waals surface area contributed by atoms with E-state index in [1.165, 1.54) is 11.3 Å². The Kier molecular flexibility index (Phi) is 3.06. The van der Waals surface area contributed by atoms with Gasteiger partial charge in [0, 0.05) is 17.8 Å². The average molecular weight is 222 g/mol. The zero-order chi connectivity index (χ0) is 10.7. The Labute approximate surface area is 93.4 Å². The summed E-state index contributed by atoms with van der Waals surface area (Å²) in [5, 5.41) is 22.2. The smallest absolute Gasteiger partial charge is 0.110 e. The molecule has 0 aliphatic carbocycles. The molecule has 2 heterocycles. The summed E-state index contributed by atoms with van der Waals surface area (Å²) in [5.74, 6) is 0. The van der Waals surface area contributed by atoms with Crippen molar-refractivity contribution >= 4 is 11.3 Å². The number of nitriles is 1. The molecule has 1 fully saturated rings. The Morgan fingerprint density at radius 3 is 3.07 bits per heavy atom. The van der Waals surface area contributed by atoms with Crippen molar-refractivity contribution in [2.24, 2.45) is 0 Å². The fraction of sp³-hybridized carbons (Fsp3) is 0.545. The molecule has 2 N–H and O–H groups in total. The number of hydrogen-bond acceptors (Lipinski definition) is 4. The maximum Gasteiger partial charge on any atom is 0.110 e. The van der Waals surface area contributed by atoms with Gasteiger partial charge in [-0.1, -0.05) is 0 Å². The van der Waals surface area contributed by atoms with E-state index in [0.29, 0.717) is 13.0 Å². The van der Waals surface area contributed by atoms with Gasteiger partial charge in [-0.25, -0.2) is 0 Å². The van der Waals surface area contributed by atoms with E-state index in [2.05, 4.69) is 11.4 Å². The average Bonchev–Trinajstić information content (AvgIpc) is 2.66. The van der Waals surface area contributed by atoms with Crippen molar-refractivity contribution in [2.75, 3.05) is 13.1 Å². The molecule has 15 heavy (non-hydrogen) atoms. The highest BCUT2D eigenvalue weighted by Crippen LogP contribution is 2.25. The number of hydrogen-bond donors (Lipinski definition) is 2. The minimum absolute atomic E-state index is 0.615. The Morgan fingerprint density at radius 1 is 1.60 bits per heavy atom. The molecule has 2 rings (SSSR count). The molecule has 1 saturated heterocycles. The normalized spacial score (nSPS) is 26.1. The van der Waals surface area contributed by atoms with E-state index in [1.54, 1.807) is 0 Å². The lowest BCUT2D eigenvalue weighted by Crippen LogP contribution is -2.46. The maximum atomic E-state index is 10.3. The van der Waals surface area contributed by atoms with Gasteiger partial charge in [0.2, 0.25) is 0 Å². The molecule has 1 aliphatic rings. The predicted molar refractivity (Wildman–Crippen MR) is 59.8 cm³/mol. The number of aliphatic hydroxyl groups is 1. The van der Waals surface area contributed by atoms with E-state index in [4.69, 9.17) is 5.26 Å². The van der Waals surface area contributed by atoms with Gasteiger partial charge < -0.3 is 10.4 Å². The first-order valence-corrected chi connectivity index (χ1v) is 5.95. The molecule has 1 aliphatic heterocycles. The second kappa shape index (κ2) is 4.31. The number of β-amino-alcohol motifs (C(OH)–C–C–N with tert-alkyl or cyclic N) is 1. The first-order chi connectivity index (χ1) is 7.22. The van der Waals surface area contributed by atoms with Gasteiger partial charge in [0.15, 0.2) is 0 Å². The number of nitrogens with zero attached hydrogens (tertiary/aromatic N) is 1. The summed E-state index contributed by atoms with van der Waals surface area (Å²) in [6.07, 6.45) is 2.53. The van der Waals surface area contributed by atoms with Gasteiger partial charge in [-0.05, 0) is 31.5 Å². The minimum Gasteiger partial charge on any atom is -0.388 e. The summed E-state index contributed by atoms with van der Waals surface area (Å²) in [5.41, 5.74) is -0.615. The fourth-order valence-corrected chi connectivity index (χ4v) is 2.90. The minimum atomic E-state index is -0.615. The third-order valence-corrected chi connectivity index (χ3v) is 3.71. The Balaban J connectivity index is 2.04. The monoisotopic (exact) mass is 222 g/mol. The van der Waals surface area contributed by atoms with E-state index in [9.17, 15) is 5.11 Å². The summed E-state index contributed by atoms with van der Waals surface area (Å²) in [6, 6.07) is 5.88. The van der Waals surface area contributed by atoms with E-state index in [0.717, 1.165) is 29.1 Å². The van der Waals surface area contributed by atoms with Crippen molar-refractivity contribution < 1.29 is 5.11 Å². The second-order valence-corrected chi connectivity index (χ2v) is 5.23. The molecule has 1 aromatic heterocycles. The van der Waals surface area contributed by atoms with Crippen LogP contribution in [0.2, 0.25) is 0 Å². The lowest BCUT2D eigenvalue weighted by Gasteiger charge is -2.32. The predicted octanol–water partition coefficient (Wildman–Crippen LogP) is 1.28. The standard InChI is InChI=1S/C11H14N2OS/c12-7-10-3-2-9(15-10)6-11(14)4-1-5-13-8-11/h2-3,13-14H,1,4-6,8H2. The molecule has 0 bridgehead atoms. The molecule has 1 aromatic rings. The van der Waals surface area contributed by atoms with Gasteiger partial charge in [-0.2, -0.15) is 5.26 Å². The van der Waals surface area contributed by atoms with Crippen LogP contribution < -0.4 is 5.32 Å². The van der Waals surface area contributed by atoms with Gasteiger partial charge in [0.05, 0.1) is 5.60 Å². The van der Waals surface area contributed by atoms with Crippen LogP contribution in [0.5, 0.6) is 0 Å². The molecule has 0 radical (unpaired) electrons. The molecule has 0 amide bonds. The molecular weight excluding hydrogens is 208 g/mol. The molecule has 4 heteroatoms. The van der Waals surface area contributed by atoms with Crippen LogP contribution in [0.1, 0.15) is 22.6 Å². The Hall–Kier alpha value is -0.890. The van der Waals surface area contributed by atoms with Crippen LogP contribution >= 0.6 is 11.3 Å². The zero-order valence-electron chi connectivity index (χ0n) is 8.49. The molecule has 0 spiro atoms. The molecule has 0 saturated carbocycles. The SMILES string of the molecule is N#Cc1ccc(CC2(O)CCCNC2)s1. The molecular formula is C11H14N2OS. The third-order valence-electron chi connectivity index (χ3n) is 2.72. The van der Waals surface area contributed by atoms with E-state index in [-0.39, 0.29) is 0 Å². The zero-order valence-corrected chi connectivity index (χ0v) is 9.31. The Bertz CT molecular complexity index is 374. The molecule has 1 atom stereocenters. The van der Waals surface area contributed by atoms with Crippen molar-refractivity contribution in [3.05, 3.63) is 21.9 Å². The molecule has 3 nitrogen and oxygen atoms in total. The van der Waals surface area contributed by atoms with Crippen molar-refractivity contribution in [1.29, 1.82) is 5.26 Å². The highest BCUT2D eigenvalue weighted by Gasteiger charge is 2.29. The molecule has 1 unspecified atom stereocenters. The first kappa shape index (κ1) is 10.6. The number of piperidine rings is 1. The van der Waals surface area contributed by atoms with E-state index in [1.807, 2.05) is 12.1 Å². The van der Waals surface area contributed by atoms with Crippen LogP contribution in [-0.4, -0.2) is 23.8 Å². The van der Waals surface area contributed by atoms with Crippen molar-refractivity contribution in [3.8, 4) is 6.07 Å². The van der Waals surface area contributed by atoms with Gasteiger partial charge in [0.1, 0.15) is 10.9 Å². The van der Waals surface area contributed by atoms with Crippen LogP contribution in [0, 0.1) is 11.3 Å². The highest BCUT2D eigenvalue weighted by molar-refractivity contribution is 7.12. The summed E-state index contributed by atoms with van der Waals surface area (Å²) in [7, 11) is 0. The van der Waals surface area contributed by atoms with Crippen molar-refractivity contribution in [1.82, 2.24) is 5.32 Å². The van der Waals surface area contributed by atoms with Crippen molar-refractivity contribution in [3.63, 3.8) is 0 Å². The van der Waals surface area contributed by atoms with Gasteiger partial charge in [-0.15, -0.1) is 11.3 Å². The van der Waals surface area contributed by atoms with Crippen LogP contribution in [-0.2, 0) is 6.42 Å². The fourth-order valence-electron chi connectivity index (χ4n) is 1.96. The van der Waals surface area contributed by atoms with Crippen LogP contribution in [0.15, 0.2) is 12.1 Å². The topological polar surface area (TPSA) is 56.0 Å². The molecule has 80 valence electrons. The van der Waals surface area contributed by atoms with Crippen LogP contribution in [0.25, 0.3) is 0 Å². The number of thiophene rings is 1. The summed E-state index contributed by atoms with van der Waals surface area (Å²) in [4.78, 5) is 1.81. The van der Waals surface area contributed by atoms with Gasteiger partial charge >= 0.3 is 0 Å². The lowest BCUT2D eigenvalue weighted by atomic mass is 9.90. The third kappa shape index (κ3) is 2.57. The first-order valence-electron chi connectivity index (χ1n) is 5.14. The Morgan fingerprint density at radius 2 is 2.47 bits per heavy atom. The quantitative estimate of drug-likeness (QED) is 0.792. The maximum absolute atomic E-state index is 10.3. The van der Waals surface area contributed by atoms with Gasteiger partial charge in [0.25, 0.3) is 0 Å². The van der Waals surface area contributed by atoms with E-state index >= 15 is 0 Å².